The number of anilines is 1. The van der Waals surface area contributed by atoms with Crippen LogP contribution in [0.5, 0.6) is 0 Å². The van der Waals surface area contributed by atoms with Gasteiger partial charge in [0.1, 0.15) is 0 Å². The molecule has 3 heteroatoms. The smallest absolute Gasteiger partial charge is 0.182 e. The summed E-state index contributed by atoms with van der Waals surface area (Å²) in [4.78, 5) is 16.3. The van der Waals surface area contributed by atoms with Crippen LogP contribution in [0, 0.1) is 0 Å². The number of hydrogen-bond donors (Lipinski definition) is 1. The largest absolute Gasteiger partial charge is 0.378 e. The van der Waals surface area contributed by atoms with Gasteiger partial charge in [0.25, 0.3) is 0 Å². The molecule has 0 radical (unpaired) electrons. The topological polar surface area (TPSA) is 36.1 Å². The van der Waals surface area contributed by atoms with E-state index in [4.69, 9.17) is 0 Å². The SMILES string of the molecule is CN(C)c1ccc(-c2cc(=O)cc[nH]2)cc1. The third kappa shape index (κ3) is 2.14. The van der Waals surface area contributed by atoms with Crippen molar-refractivity contribution >= 4 is 5.69 Å². The molecule has 3 nitrogen and oxygen atoms in total. The first-order valence-electron chi connectivity index (χ1n) is 5.13. The molecular formula is C13H14N2O. The monoisotopic (exact) mass is 214 g/mol. The van der Waals surface area contributed by atoms with Crippen LogP contribution in [0.25, 0.3) is 11.3 Å². The highest BCUT2D eigenvalue weighted by atomic mass is 16.1. The maximum atomic E-state index is 11.2. The Hall–Kier alpha value is -2.03. The highest BCUT2D eigenvalue weighted by Crippen LogP contribution is 2.19. The number of rotatable bonds is 2. The highest BCUT2D eigenvalue weighted by Gasteiger charge is 1.99. The Balaban J connectivity index is 2.38. The van der Waals surface area contributed by atoms with E-state index in [1.54, 1.807) is 12.3 Å². The number of pyridine rings is 1. The molecule has 0 atom stereocenters. The fourth-order valence-electron chi connectivity index (χ4n) is 1.55. The van der Waals surface area contributed by atoms with Crippen LogP contribution < -0.4 is 10.3 Å². The third-order valence-corrected chi connectivity index (χ3v) is 2.47. The molecule has 0 aliphatic rings. The maximum absolute atomic E-state index is 11.2. The van der Waals surface area contributed by atoms with Gasteiger partial charge in [0.15, 0.2) is 5.43 Å². The Morgan fingerprint density at radius 2 is 1.75 bits per heavy atom. The van der Waals surface area contributed by atoms with Crippen LogP contribution in [-0.4, -0.2) is 19.1 Å². The van der Waals surface area contributed by atoms with E-state index < -0.39 is 0 Å². The van der Waals surface area contributed by atoms with Gasteiger partial charge in [0.2, 0.25) is 0 Å². The van der Waals surface area contributed by atoms with Crippen LogP contribution in [-0.2, 0) is 0 Å². The average molecular weight is 214 g/mol. The summed E-state index contributed by atoms with van der Waals surface area (Å²) in [6.45, 7) is 0. The lowest BCUT2D eigenvalue weighted by Crippen LogP contribution is -2.08. The minimum Gasteiger partial charge on any atom is -0.378 e. The van der Waals surface area contributed by atoms with E-state index in [9.17, 15) is 4.79 Å². The van der Waals surface area contributed by atoms with E-state index in [-0.39, 0.29) is 5.43 Å². The Morgan fingerprint density at radius 1 is 1.06 bits per heavy atom. The predicted molar refractivity (Wildman–Crippen MR) is 66.8 cm³/mol. The molecular weight excluding hydrogens is 200 g/mol. The number of aromatic amines is 1. The Bertz CT molecular complexity index is 526. The molecule has 0 bridgehead atoms. The van der Waals surface area contributed by atoms with Crippen molar-refractivity contribution in [3.8, 4) is 11.3 Å². The van der Waals surface area contributed by atoms with Gasteiger partial charge in [0.05, 0.1) is 0 Å². The second-order valence-electron chi connectivity index (χ2n) is 3.88. The number of aromatic nitrogens is 1. The molecule has 1 aromatic heterocycles. The van der Waals surface area contributed by atoms with E-state index >= 15 is 0 Å². The average Bonchev–Trinajstić information content (AvgIpc) is 2.29. The molecule has 82 valence electrons. The number of H-pyrrole nitrogens is 1. The second-order valence-corrected chi connectivity index (χ2v) is 3.88. The lowest BCUT2D eigenvalue weighted by Gasteiger charge is -2.12. The molecule has 0 aliphatic carbocycles. The van der Waals surface area contributed by atoms with Crippen molar-refractivity contribution in [2.24, 2.45) is 0 Å². The fraction of sp³-hybridized carbons (Fsp3) is 0.154. The maximum Gasteiger partial charge on any atom is 0.182 e. The molecule has 1 aromatic carbocycles. The number of hydrogen-bond acceptors (Lipinski definition) is 2. The highest BCUT2D eigenvalue weighted by molar-refractivity contribution is 5.62. The van der Waals surface area contributed by atoms with E-state index in [0.29, 0.717) is 0 Å². The van der Waals surface area contributed by atoms with Crippen LogP contribution in [0.4, 0.5) is 5.69 Å². The van der Waals surface area contributed by atoms with Crippen LogP contribution in [0.2, 0.25) is 0 Å². The molecule has 2 aromatic rings. The first-order valence-corrected chi connectivity index (χ1v) is 5.13. The first-order chi connectivity index (χ1) is 7.66. The molecule has 1 N–H and O–H groups in total. The third-order valence-electron chi connectivity index (χ3n) is 2.47. The minimum atomic E-state index is 0.0189. The van der Waals surface area contributed by atoms with Crippen molar-refractivity contribution < 1.29 is 0 Å². The van der Waals surface area contributed by atoms with Crippen LogP contribution >= 0.6 is 0 Å². The van der Waals surface area contributed by atoms with Crippen LogP contribution in [0.3, 0.4) is 0 Å². The number of nitrogens with zero attached hydrogens (tertiary/aromatic N) is 1. The van der Waals surface area contributed by atoms with Gasteiger partial charge < -0.3 is 9.88 Å². The lowest BCUT2D eigenvalue weighted by atomic mass is 10.1. The summed E-state index contributed by atoms with van der Waals surface area (Å²) >= 11 is 0. The summed E-state index contributed by atoms with van der Waals surface area (Å²) in [5, 5.41) is 0. The molecule has 0 amide bonds. The predicted octanol–water partition coefficient (Wildman–Crippen LogP) is 2.11. The quantitative estimate of drug-likeness (QED) is 0.831. The molecule has 2 rings (SSSR count). The van der Waals surface area contributed by atoms with Crippen molar-refractivity contribution in [3.05, 3.63) is 52.8 Å². The van der Waals surface area contributed by atoms with Gasteiger partial charge in [-0.1, -0.05) is 12.1 Å². The van der Waals surface area contributed by atoms with Crippen LogP contribution in [0.1, 0.15) is 0 Å². The van der Waals surface area contributed by atoms with Gasteiger partial charge >= 0.3 is 0 Å². The zero-order chi connectivity index (χ0) is 11.5. The number of nitrogens with one attached hydrogen (secondary N) is 1. The second kappa shape index (κ2) is 4.23. The Morgan fingerprint density at radius 3 is 2.31 bits per heavy atom. The van der Waals surface area contributed by atoms with Gasteiger partial charge in [-0.25, -0.2) is 0 Å². The summed E-state index contributed by atoms with van der Waals surface area (Å²) in [6, 6.07) is 11.2. The molecule has 0 saturated heterocycles. The van der Waals surface area contributed by atoms with Crippen molar-refractivity contribution in [3.63, 3.8) is 0 Å². The molecule has 0 saturated carbocycles. The van der Waals surface area contributed by atoms with Crippen LogP contribution in [0.15, 0.2) is 47.4 Å². The molecule has 0 fully saturated rings. The number of benzene rings is 1. The van der Waals surface area contributed by atoms with Crippen molar-refractivity contribution in [2.75, 3.05) is 19.0 Å². The minimum absolute atomic E-state index is 0.0189. The zero-order valence-corrected chi connectivity index (χ0v) is 9.40. The van der Waals surface area contributed by atoms with E-state index in [1.807, 2.05) is 43.3 Å². The first kappa shape index (κ1) is 10.5. The standard InChI is InChI=1S/C13H14N2O/c1-15(2)11-5-3-10(4-6-11)13-9-12(16)7-8-14-13/h3-9H,1-2H3,(H,14,16). The Kier molecular flexibility index (Phi) is 2.77. The van der Waals surface area contributed by atoms with Crippen molar-refractivity contribution in [1.82, 2.24) is 4.98 Å². The molecule has 0 aliphatic heterocycles. The normalized spacial score (nSPS) is 10.1. The molecule has 1 heterocycles. The van der Waals surface area contributed by atoms with Gasteiger partial charge in [-0.2, -0.15) is 0 Å². The summed E-state index contributed by atoms with van der Waals surface area (Å²) in [5.74, 6) is 0. The summed E-state index contributed by atoms with van der Waals surface area (Å²) in [6.07, 6.45) is 1.66. The van der Waals surface area contributed by atoms with E-state index in [1.165, 1.54) is 6.07 Å². The fourth-order valence-corrected chi connectivity index (χ4v) is 1.55. The van der Waals surface area contributed by atoms with Gasteiger partial charge in [-0.05, 0) is 17.7 Å². The summed E-state index contributed by atoms with van der Waals surface area (Å²) in [5.41, 5.74) is 3.02. The molecule has 0 unspecified atom stereocenters. The van der Waals surface area contributed by atoms with E-state index in [0.717, 1.165) is 16.9 Å². The van der Waals surface area contributed by atoms with Crippen molar-refractivity contribution in [2.45, 2.75) is 0 Å². The molecule has 16 heavy (non-hydrogen) atoms. The molecule has 0 spiro atoms. The van der Waals surface area contributed by atoms with Crippen molar-refractivity contribution in [1.29, 1.82) is 0 Å². The summed E-state index contributed by atoms with van der Waals surface area (Å²) in [7, 11) is 4.00. The van der Waals surface area contributed by atoms with Gasteiger partial charge in [-0.15, -0.1) is 0 Å². The van der Waals surface area contributed by atoms with E-state index in [2.05, 4.69) is 4.98 Å². The van der Waals surface area contributed by atoms with Gasteiger partial charge in [-0.3, -0.25) is 4.79 Å². The summed E-state index contributed by atoms with van der Waals surface area (Å²) < 4.78 is 0. The lowest BCUT2D eigenvalue weighted by molar-refractivity contribution is 1.13. The Labute approximate surface area is 94.4 Å². The van der Waals surface area contributed by atoms with Gasteiger partial charge in [0, 0.05) is 43.8 Å². The zero-order valence-electron chi connectivity index (χ0n) is 9.40.